The van der Waals surface area contributed by atoms with Crippen LogP contribution in [0.1, 0.15) is 33.6 Å². The SMILES string of the molecule is CC(C)CN1C(C)CCNC(=O)C1CCN. The largest absolute Gasteiger partial charge is 0.355 e. The molecule has 4 heteroatoms. The number of nitrogens with zero attached hydrogens (tertiary/aromatic N) is 1. The number of rotatable bonds is 4. The third-order valence-corrected chi connectivity index (χ3v) is 3.15. The zero-order valence-electron chi connectivity index (χ0n) is 10.7. The summed E-state index contributed by atoms with van der Waals surface area (Å²) in [6.07, 6.45) is 1.78. The molecule has 94 valence electrons. The molecule has 0 aliphatic carbocycles. The smallest absolute Gasteiger partial charge is 0.237 e. The van der Waals surface area contributed by atoms with Crippen molar-refractivity contribution in [2.45, 2.75) is 45.7 Å². The van der Waals surface area contributed by atoms with E-state index in [2.05, 4.69) is 31.0 Å². The Balaban J connectivity index is 2.77. The van der Waals surface area contributed by atoms with Gasteiger partial charge in [-0.3, -0.25) is 9.69 Å². The van der Waals surface area contributed by atoms with E-state index in [1.165, 1.54) is 0 Å². The Morgan fingerprint density at radius 1 is 1.56 bits per heavy atom. The van der Waals surface area contributed by atoms with Gasteiger partial charge in [-0.1, -0.05) is 13.8 Å². The Kier molecular flexibility index (Phi) is 5.22. The fourth-order valence-corrected chi connectivity index (χ4v) is 2.33. The fraction of sp³-hybridized carbons (Fsp3) is 0.917. The van der Waals surface area contributed by atoms with Gasteiger partial charge in [-0.05, 0) is 32.2 Å². The molecule has 2 unspecified atom stereocenters. The summed E-state index contributed by atoms with van der Waals surface area (Å²) in [7, 11) is 0. The zero-order chi connectivity index (χ0) is 12.1. The molecule has 1 rings (SSSR count). The minimum Gasteiger partial charge on any atom is -0.355 e. The Labute approximate surface area is 98.6 Å². The van der Waals surface area contributed by atoms with Crippen molar-refractivity contribution in [3.63, 3.8) is 0 Å². The molecule has 0 aromatic carbocycles. The van der Waals surface area contributed by atoms with Gasteiger partial charge in [0.25, 0.3) is 0 Å². The van der Waals surface area contributed by atoms with Crippen molar-refractivity contribution in [3.05, 3.63) is 0 Å². The molecular weight excluding hydrogens is 202 g/mol. The average Bonchev–Trinajstić information content (AvgIpc) is 2.32. The molecule has 0 aromatic heterocycles. The monoisotopic (exact) mass is 227 g/mol. The van der Waals surface area contributed by atoms with Crippen molar-refractivity contribution in [2.24, 2.45) is 11.7 Å². The number of amides is 1. The number of nitrogens with one attached hydrogen (secondary N) is 1. The highest BCUT2D eigenvalue weighted by atomic mass is 16.2. The first-order chi connectivity index (χ1) is 7.56. The summed E-state index contributed by atoms with van der Waals surface area (Å²) in [5.74, 6) is 0.726. The number of carbonyl (C=O) groups is 1. The van der Waals surface area contributed by atoms with Gasteiger partial charge in [0, 0.05) is 19.1 Å². The average molecular weight is 227 g/mol. The van der Waals surface area contributed by atoms with E-state index in [0.717, 1.165) is 25.9 Å². The predicted molar refractivity (Wildman–Crippen MR) is 66.1 cm³/mol. The Bertz CT molecular complexity index is 230. The van der Waals surface area contributed by atoms with Gasteiger partial charge >= 0.3 is 0 Å². The number of hydrogen-bond acceptors (Lipinski definition) is 3. The summed E-state index contributed by atoms with van der Waals surface area (Å²) in [6.45, 7) is 8.91. The molecule has 0 saturated carbocycles. The molecule has 0 aromatic rings. The number of hydrogen-bond donors (Lipinski definition) is 2. The van der Waals surface area contributed by atoms with Crippen molar-refractivity contribution >= 4 is 5.91 Å². The lowest BCUT2D eigenvalue weighted by molar-refractivity contribution is -0.126. The van der Waals surface area contributed by atoms with Gasteiger partial charge in [-0.25, -0.2) is 0 Å². The van der Waals surface area contributed by atoms with Crippen LogP contribution in [0.2, 0.25) is 0 Å². The first-order valence-electron chi connectivity index (χ1n) is 6.29. The van der Waals surface area contributed by atoms with Crippen LogP contribution in [0.5, 0.6) is 0 Å². The molecule has 4 nitrogen and oxygen atoms in total. The lowest BCUT2D eigenvalue weighted by atomic mass is 10.1. The van der Waals surface area contributed by atoms with E-state index < -0.39 is 0 Å². The molecule has 1 fully saturated rings. The van der Waals surface area contributed by atoms with Crippen LogP contribution in [0.4, 0.5) is 0 Å². The minimum atomic E-state index is -0.0371. The van der Waals surface area contributed by atoms with E-state index >= 15 is 0 Å². The molecule has 1 aliphatic heterocycles. The zero-order valence-corrected chi connectivity index (χ0v) is 10.7. The summed E-state index contributed by atoms with van der Waals surface area (Å²) in [6, 6.07) is 0.419. The van der Waals surface area contributed by atoms with Gasteiger partial charge in [-0.2, -0.15) is 0 Å². The third-order valence-electron chi connectivity index (χ3n) is 3.15. The molecule has 16 heavy (non-hydrogen) atoms. The lowest BCUT2D eigenvalue weighted by Gasteiger charge is -2.34. The maximum Gasteiger partial charge on any atom is 0.237 e. The first kappa shape index (κ1) is 13.5. The second-order valence-corrected chi connectivity index (χ2v) is 5.11. The van der Waals surface area contributed by atoms with E-state index in [4.69, 9.17) is 5.73 Å². The molecule has 0 bridgehead atoms. The fourth-order valence-electron chi connectivity index (χ4n) is 2.33. The van der Waals surface area contributed by atoms with Crippen LogP contribution in [-0.4, -0.2) is 42.5 Å². The molecule has 0 spiro atoms. The van der Waals surface area contributed by atoms with Crippen molar-refractivity contribution in [2.75, 3.05) is 19.6 Å². The van der Waals surface area contributed by atoms with E-state index in [1.54, 1.807) is 0 Å². The van der Waals surface area contributed by atoms with Gasteiger partial charge in [0.1, 0.15) is 0 Å². The van der Waals surface area contributed by atoms with Crippen molar-refractivity contribution in [1.29, 1.82) is 0 Å². The van der Waals surface area contributed by atoms with E-state index in [9.17, 15) is 4.79 Å². The minimum absolute atomic E-state index is 0.0371. The van der Waals surface area contributed by atoms with E-state index in [-0.39, 0.29) is 11.9 Å². The second-order valence-electron chi connectivity index (χ2n) is 5.11. The molecule has 2 atom stereocenters. The summed E-state index contributed by atoms with van der Waals surface area (Å²) < 4.78 is 0. The van der Waals surface area contributed by atoms with Gasteiger partial charge < -0.3 is 11.1 Å². The molecular formula is C12H25N3O. The summed E-state index contributed by atoms with van der Waals surface area (Å²) in [5.41, 5.74) is 5.60. The number of carbonyl (C=O) groups excluding carboxylic acids is 1. The highest BCUT2D eigenvalue weighted by Crippen LogP contribution is 2.17. The second kappa shape index (κ2) is 6.21. The van der Waals surface area contributed by atoms with E-state index in [0.29, 0.717) is 18.5 Å². The molecule has 1 saturated heterocycles. The maximum absolute atomic E-state index is 11.9. The summed E-state index contributed by atoms with van der Waals surface area (Å²) in [4.78, 5) is 14.3. The quantitative estimate of drug-likeness (QED) is 0.738. The van der Waals surface area contributed by atoms with Crippen LogP contribution >= 0.6 is 0 Å². The van der Waals surface area contributed by atoms with Crippen molar-refractivity contribution < 1.29 is 4.79 Å². The molecule has 1 aliphatic rings. The highest BCUT2D eigenvalue weighted by molar-refractivity contribution is 5.82. The van der Waals surface area contributed by atoms with Gasteiger partial charge in [0.15, 0.2) is 0 Å². The third kappa shape index (κ3) is 3.46. The lowest BCUT2D eigenvalue weighted by Crippen LogP contribution is -2.49. The Morgan fingerprint density at radius 2 is 2.25 bits per heavy atom. The standard InChI is InChI=1S/C12H25N3O/c1-9(2)8-15-10(3)5-7-14-12(16)11(15)4-6-13/h9-11H,4-8,13H2,1-3H3,(H,14,16). The topological polar surface area (TPSA) is 58.4 Å². The summed E-state index contributed by atoms with van der Waals surface area (Å²) in [5, 5.41) is 2.98. The predicted octanol–water partition coefficient (Wildman–Crippen LogP) is 0.570. The molecule has 3 N–H and O–H groups in total. The highest BCUT2D eigenvalue weighted by Gasteiger charge is 2.31. The van der Waals surface area contributed by atoms with Crippen LogP contribution < -0.4 is 11.1 Å². The van der Waals surface area contributed by atoms with Gasteiger partial charge in [-0.15, -0.1) is 0 Å². The van der Waals surface area contributed by atoms with Crippen LogP contribution in [0.25, 0.3) is 0 Å². The van der Waals surface area contributed by atoms with Crippen LogP contribution in [0, 0.1) is 5.92 Å². The van der Waals surface area contributed by atoms with E-state index in [1.807, 2.05) is 0 Å². The number of nitrogens with two attached hydrogens (primary N) is 1. The normalized spacial score (nSPS) is 27.9. The van der Waals surface area contributed by atoms with Crippen LogP contribution in [-0.2, 0) is 4.79 Å². The van der Waals surface area contributed by atoms with Crippen molar-refractivity contribution in [3.8, 4) is 0 Å². The van der Waals surface area contributed by atoms with Crippen LogP contribution in [0.3, 0.4) is 0 Å². The summed E-state index contributed by atoms with van der Waals surface area (Å²) >= 11 is 0. The van der Waals surface area contributed by atoms with Crippen molar-refractivity contribution in [1.82, 2.24) is 10.2 Å². The Hall–Kier alpha value is -0.610. The molecule has 1 amide bonds. The molecule has 0 radical (unpaired) electrons. The van der Waals surface area contributed by atoms with Crippen LogP contribution in [0.15, 0.2) is 0 Å². The maximum atomic E-state index is 11.9. The van der Waals surface area contributed by atoms with Gasteiger partial charge in [0.2, 0.25) is 5.91 Å². The first-order valence-corrected chi connectivity index (χ1v) is 6.29. The van der Waals surface area contributed by atoms with Gasteiger partial charge in [0.05, 0.1) is 6.04 Å². The molecule has 1 heterocycles. The Morgan fingerprint density at radius 3 is 2.81 bits per heavy atom.